The number of piperazine rings is 1. The number of hydrogen-bond acceptors (Lipinski definition) is 4. The highest BCUT2D eigenvalue weighted by molar-refractivity contribution is 5.99. The summed E-state index contributed by atoms with van der Waals surface area (Å²) >= 11 is 0. The topological polar surface area (TPSA) is 75.6 Å². The number of likely N-dealkylation sites (tertiary alicyclic amines) is 1. The van der Waals surface area contributed by atoms with Gasteiger partial charge < -0.3 is 16.4 Å². The molecule has 2 heterocycles. The largest absolute Gasteiger partial charge is 0.398 e. The molecule has 2 bridgehead atoms. The molecule has 1 aromatic carbocycles. The molecule has 0 aromatic heterocycles. The van der Waals surface area contributed by atoms with E-state index in [2.05, 4.69) is 16.8 Å². The van der Waals surface area contributed by atoms with Crippen LogP contribution >= 0.6 is 0 Å². The Morgan fingerprint density at radius 3 is 2.67 bits per heavy atom. The molecule has 5 heteroatoms. The van der Waals surface area contributed by atoms with E-state index in [9.17, 15) is 4.79 Å². The molecule has 18 heavy (non-hydrogen) atoms. The summed E-state index contributed by atoms with van der Waals surface area (Å²) in [4.78, 5) is 16.1. The molecule has 0 saturated carbocycles. The molecular formula is C13H18N4O. The molecule has 2 saturated heterocycles. The van der Waals surface area contributed by atoms with Crippen molar-refractivity contribution < 1.29 is 4.79 Å². The molecule has 4 N–H and O–H groups in total. The van der Waals surface area contributed by atoms with Gasteiger partial charge in [0.05, 0.1) is 5.56 Å². The summed E-state index contributed by atoms with van der Waals surface area (Å²) in [5, 5.41) is 0. The van der Waals surface area contributed by atoms with Crippen LogP contribution in [0.15, 0.2) is 18.2 Å². The van der Waals surface area contributed by atoms with Crippen LogP contribution in [0.5, 0.6) is 0 Å². The first-order valence-electron chi connectivity index (χ1n) is 6.22. The third-order valence-electron chi connectivity index (χ3n) is 4.15. The Morgan fingerprint density at radius 2 is 2.11 bits per heavy atom. The van der Waals surface area contributed by atoms with Crippen molar-refractivity contribution in [1.29, 1.82) is 0 Å². The van der Waals surface area contributed by atoms with Gasteiger partial charge in [-0.25, -0.2) is 0 Å². The first-order valence-corrected chi connectivity index (χ1v) is 6.22. The van der Waals surface area contributed by atoms with Crippen molar-refractivity contribution in [2.24, 2.45) is 5.73 Å². The van der Waals surface area contributed by atoms with E-state index >= 15 is 0 Å². The van der Waals surface area contributed by atoms with E-state index in [0.29, 0.717) is 23.3 Å². The Morgan fingerprint density at radius 1 is 1.33 bits per heavy atom. The molecule has 2 fully saturated rings. The van der Waals surface area contributed by atoms with Gasteiger partial charge in [0.15, 0.2) is 0 Å². The molecule has 2 unspecified atom stereocenters. The second-order valence-corrected chi connectivity index (χ2v) is 5.27. The smallest absolute Gasteiger partial charge is 0.250 e. The Kier molecular flexibility index (Phi) is 2.45. The fraction of sp³-hybridized carbons (Fsp3) is 0.462. The first-order chi connectivity index (χ1) is 8.56. The van der Waals surface area contributed by atoms with Crippen molar-refractivity contribution >= 4 is 17.3 Å². The number of nitrogens with two attached hydrogens (primary N) is 2. The number of hydrogen-bond donors (Lipinski definition) is 2. The van der Waals surface area contributed by atoms with Crippen molar-refractivity contribution in [3.63, 3.8) is 0 Å². The summed E-state index contributed by atoms with van der Waals surface area (Å²) in [6.45, 7) is 2.10. The van der Waals surface area contributed by atoms with Crippen molar-refractivity contribution in [3.8, 4) is 0 Å². The zero-order valence-electron chi connectivity index (χ0n) is 10.5. The number of rotatable bonds is 2. The summed E-state index contributed by atoms with van der Waals surface area (Å²) in [7, 11) is 2.17. The van der Waals surface area contributed by atoms with Gasteiger partial charge in [0.25, 0.3) is 5.91 Å². The number of primary amides is 1. The molecule has 0 aliphatic carbocycles. The summed E-state index contributed by atoms with van der Waals surface area (Å²) in [6, 6.07) is 6.74. The summed E-state index contributed by atoms with van der Waals surface area (Å²) in [5.41, 5.74) is 13.0. The lowest BCUT2D eigenvalue weighted by Crippen LogP contribution is -2.44. The minimum atomic E-state index is -0.462. The van der Waals surface area contributed by atoms with Crippen molar-refractivity contribution in [2.45, 2.75) is 18.5 Å². The molecule has 0 radical (unpaired) electrons. The lowest BCUT2D eigenvalue weighted by atomic mass is 10.1. The predicted octanol–water partition coefficient (Wildman–Crippen LogP) is 0.260. The number of carbonyl (C=O) groups excluding carboxylic acids is 1. The van der Waals surface area contributed by atoms with Crippen LogP contribution in [0.4, 0.5) is 11.4 Å². The van der Waals surface area contributed by atoms with Crippen LogP contribution in [0.2, 0.25) is 0 Å². The van der Waals surface area contributed by atoms with E-state index in [-0.39, 0.29) is 0 Å². The average molecular weight is 246 g/mol. The minimum absolute atomic E-state index is 0.420. The van der Waals surface area contributed by atoms with Gasteiger partial charge in [-0.3, -0.25) is 9.69 Å². The summed E-state index contributed by atoms with van der Waals surface area (Å²) < 4.78 is 0. The van der Waals surface area contributed by atoms with Gasteiger partial charge in [-0.2, -0.15) is 0 Å². The summed E-state index contributed by atoms with van der Waals surface area (Å²) in [6.07, 6.45) is 1.20. The van der Waals surface area contributed by atoms with E-state index in [0.717, 1.165) is 18.8 Å². The second kappa shape index (κ2) is 3.88. The second-order valence-electron chi connectivity index (χ2n) is 5.27. The Labute approximate surface area is 106 Å². The molecular weight excluding hydrogens is 228 g/mol. The van der Waals surface area contributed by atoms with Crippen LogP contribution < -0.4 is 16.4 Å². The Balaban J connectivity index is 1.90. The average Bonchev–Trinajstić information content (AvgIpc) is 2.88. The number of carbonyl (C=O) groups is 1. The Bertz CT molecular complexity index is 500. The van der Waals surface area contributed by atoms with Crippen LogP contribution in [-0.2, 0) is 0 Å². The van der Waals surface area contributed by atoms with Gasteiger partial charge in [-0.05, 0) is 31.7 Å². The number of likely N-dealkylation sites (N-methyl/N-ethyl adjacent to an activating group) is 1. The van der Waals surface area contributed by atoms with Crippen LogP contribution in [0.25, 0.3) is 0 Å². The monoisotopic (exact) mass is 246 g/mol. The quantitative estimate of drug-likeness (QED) is 0.734. The maximum Gasteiger partial charge on any atom is 0.250 e. The third-order valence-corrected chi connectivity index (χ3v) is 4.15. The molecule has 2 atom stereocenters. The lowest BCUT2D eigenvalue weighted by Gasteiger charge is -2.33. The van der Waals surface area contributed by atoms with E-state index in [4.69, 9.17) is 11.5 Å². The molecule has 5 nitrogen and oxygen atoms in total. The van der Waals surface area contributed by atoms with Crippen LogP contribution in [-0.4, -0.2) is 43.0 Å². The number of benzene rings is 1. The van der Waals surface area contributed by atoms with E-state index in [1.165, 1.54) is 6.42 Å². The fourth-order valence-corrected chi connectivity index (χ4v) is 3.12. The number of nitrogen functional groups attached to an aromatic ring is 1. The molecule has 96 valence electrons. The lowest BCUT2D eigenvalue weighted by molar-refractivity contribution is 0.100. The molecule has 1 aromatic rings. The highest BCUT2D eigenvalue weighted by Gasteiger charge is 2.41. The number of amides is 1. The van der Waals surface area contributed by atoms with E-state index < -0.39 is 5.91 Å². The van der Waals surface area contributed by atoms with Crippen molar-refractivity contribution in [2.75, 3.05) is 30.8 Å². The standard InChI is InChI=1S/C13H18N4O/c1-16-6-10-4-9(16)7-17(10)8-2-3-12(14)11(5-8)13(15)18/h2-3,5,9-10H,4,6-7,14H2,1H3,(H2,15,18). The van der Waals surface area contributed by atoms with Crippen molar-refractivity contribution in [1.82, 2.24) is 4.90 Å². The Hall–Kier alpha value is -1.75. The third kappa shape index (κ3) is 1.62. The number of anilines is 2. The highest BCUT2D eigenvalue weighted by Crippen LogP contribution is 2.34. The minimum Gasteiger partial charge on any atom is -0.398 e. The first kappa shape index (κ1) is 11.3. The van der Waals surface area contributed by atoms with Gasteiger partial charge in [-0.15, -0.1) is 0 Å². The maximum absolute atomic E-state index is 11.3. The van der Waals surface area contributed by atoms with E-state index in [1.54, 1.807) is 6.07 Å². The number of fused-ring (bicyclic) bond motifs is 2. The van der Waals surface area contributed by atoms with Gasteiger partial charge in [-0.1, -0.05) is 0 Å². The number of nitrogens with zero attached hydrogens (tertiary/aromatic N) is 2. The van der Waals surface area contributed by atoms with Gasteiger partial charge in [0, 0.05) is 36.5 Å². The molecule has 0 spiro atoms. The van der Waals surface area contributed by atoms with Crippen LogP contribution in [0.3, 0.4) is 0 Å². The predicted molar refractivity (Wildman–Crippen MR) is 71.5 cm³/mol. The normalized spacial score (nSPS) is 26.8. The maximum atomic E-state index is 11.3. The molecule has 3 rings (SSSR count). The summed E-state index contributed by atoms with van der Waals surface area (Å²) in [5.74, 6) is -0.462. The fourth-order valence-electron chi connectivity index (χ4n) is 3.12. The molecule has 2 aliphatic heterocycles. The SMILES string of the molecule is CN1CC2CC1CN2c1ccc(N)c(C(N)=O)c1. The van der Waals surface area contributed by atoms with Crippen LogP contribution in [0, 0.1) is 0 Å². The van der Waals surface area contributed by atoms with Gasteiger partial charge >= 0.3 is 0 Å². The van der Waals surface area contributed by atoms with Gasteiger partial charge in [0.2, 0.25) is 0 Å². The molecule has 1 amide bonds. The highest BCUT2D eigenvalue weighted by atomic mass is 16.1. The zero-order chi connectivity index (χ0) is 12.9. The van der Waals surface area contributed by atoms with Crippen LogP contribution in [0.1, 0.15) is 16.8 Å². The molecule has 2 aliphatic rings. The van der Waals surface area contributed by atoms with Crippen molar-refractivity contribution in [3.05, 3.63) is 23.8 Å². The zero-order valence-corrected chi connectivity index (χ0v) is 10.5. The van der Waals surface area contributed by atoms with Gasteiger partial charge in [0.1, 0.15) is 0 Å². The van der Waals surface area contributed by atoms with E-state index in [1.807, 2.05) is 12.1 Å².